The highest BCUT2D eigenvalue weighted by Crippen LogP contribution is 2.38. The predicted octanol–water partition coefficient (Wildman–Crippen LogP) is 2.55. The van der Waals surface area contributed by atoms with Crippen LogP contribution in [0.1, 0.15) is 11.1 Å². The van der Waals surface area contributed by atoms with Gasteiger partial charge < -0.3 is 16.2 Å². The van der Waals surface area contributed by atoms with Gasteiger partial charge in [0.05, 0.1) is 0 Å². The molecule has 4 N–H and O–H groups in total. The van der Waals surface area contributed by atoms with Gasteiger partial charge in [-0.25, -0.2) is 0 Å². The van der Waals surface area contributed by atoms with E-state index in [-0.39, 0.29) is 0 Å². The number of hydrogen-bond donors (Lipinski definition) is 2. The Hall–Kier alpha value is -2.16. The van der Waals surface area contributed by atoms with E-state index in [9.17, 15) is 0 Å². The highest BCUT2D eigenvalue weighted by molar-refractivity contribution is 5.58. The molecule has 3 nitrogen and oxygen atoms in total. The lowest BCUT2D eigenvalue weighted by Crippen LogP contribution is -2.04. The van der Waals surface area contributed by atoms with Crippen LogP contribution in [0.3, 0.4) is 0 Å². The van der Waals surface area contributed by atoms with Gasteiger partial charge in [-0.15, -0.1) is 0 Å². The van der Waals surface area contributed by atoms with E-state index in [0.717, 1.165) is 29.0 Å². The van der Waals surface area contributed by atoms with Crippen LogP contribution in [0.2, 0.25) is 0 Å². The summed E-state index contributed by atoms with van der Waals surface area (Å²) in [7, 11) is 0. The molecule has 0 atom stereocenters. The van der Waals surface area contributed by atoms with Crippen molar-refractivity contribution >= 4 is 11.4 Å². The third-order valence-electron chi connectivity index (χ3n) is 2.78. The van der Waals surface area contributed by atoms with Crippen molar-refractivity contribution in [2.75, 3.05) is 11.5 Å². The maximum atomic E-state index is 5.78. The molecule has 0 spiro atoms. The molecule has 1 aliphatic rings. The summed E-state index contributed by atoms with van der Waals surface area (Å²) in [6.07, 6.45) is 0.866. The molecular formula is C13H12N2O. The molecule has 3 heteroatoms. The van der Waals surface area contributed by atoms with Crippen molar-refractivity contribution in [3.8, 4) is 11.5 Å². The molecule has 3 rings (SSSR count). The van der Waals surface area contributed by atoms with E-state index in [2.05, 4.69) is 0 Å². The quantitative estimate of drug-likeness (QED) is 0.563. The second kappa shape index (κ2) is 3.17. The second-order valence-electron chi connectivity index (χ2n) is 4.01. The first-order valence-corrected chi connectivity index (χ1v) is 5.17. The zero-order chi connectivity index (χ0) is 11.1. The first-order chi connectivity index (χ1) is 7.72. The van der Waals surface area contributed by atoms with E-state index in [1.165, 1.54) is 0 Å². The highest BCUT2D eigenvalue weighted by atomic mass is 16.5. The minimum absolute atomic E-state index is 0.714. The van der Waals surface area contributed by atoms with Gasteiger partial charge in [0.15, 0.2) is 0 Å². The standard InChI is InChI=1S/C13H12N2O/c14-10-3-1-8-5-9-2-4-11(15)7-13(9)16-12(8)6-10/h1-4,6-7H,5,14-15H2. The molecule has 80 valence electrons. The number of rotatable bonds is 0. The molecule has 0 aromatic heterocycles. The van der Waals surface area contributed by atoms with Crippen molar-refractivity contribution in [2.45, 2.75) is 6.42 Å². The Kier molecular flexibility index (Phi) is 1.80. The number of hydrogen-bond acceptors (Lipinski definition) is 3. The van der Waals surface area contributed by atoms with Gasteiger partial charge in [0.1, 0.15) is 11.5 Å². The number of anilines is 2. The highest BCUT2D eigenvalue weighted by Gasteiger charge is 2.16. The summed E-state index contributed by atoms with van der Waals surface area (Å²) in [5.41, 5.74) is 15.2. The van der Waals surface area contributed by atoms with Gasteiger partial charge in [-0.1, -0.05) is 12.1 Å². The summed E-state index contributed by atoms with van der Waals surface area (Å²) < 4.78 is 5.78. The first-order valence-electron chi connectivity index (χ1n) is 5.17. The van der Waals surface area contributed by atoms with Crippen LogP contribution < -0.4 is 16.2 Å². The van der Waals surface area contributed by atoms with Gasteiger partial charge >= 0.3 is 0 Å². The Labute approximate surface area is 93.6 Å². The second-order valence-corrected chi connectivity index (χ2v) is 4.01. The molecule has 0 fully saturated rings. The number of nitrogen functional groups attached to an aromatic ring is 2. The van der Waals surface area contributed by atoms with Crippen molar-refractivity contribution in [1.82, 2.24) is 0 Å². The van der Waals surface area contributed by atoms with E-state index in [1.54, 1.807) is 0 Å². The lowest BCUT2D eigenvalue weighted by Gasteiger charge is -2.20. The Morgan fingerprint density at radius 2 is 1.31 bits per heavy atom. The van der Waals surface area contributed by atoms with Crippen LogP contribution in [0, 0.1) is 0 Å². The van der Waals surface area contributed by atoms with Gasteiger partial charge in [-0.2, -0.15) is 0 Å². The number of benzene rings is 2. The predicted molar refractivity (Wildman–Crippen MR) is 64.6 cm³/mol. The van der Waals surface area contributed by atoms with E-state index >= 15 is 0 Å². The lowest BCUT2D eigenvalue weighted by atomic mass is 10.00. The smallest absolute Gasteiger partial charge is 0.133 e. The molecule has 0 saturated heterocycles. The zero-order valence-electron chi connectivity index (χ0n) is 8.73. The SMILES string of the molecule is Nc1ccc2c(c1)Oc1cc(N)ccc1C2. The monoisotopic (exact) mass is 212 g/mol. The Morgan fingerprint density at radius 3 is 1.81 bits per heavy atom. The van der Waals surface area contributed by atoms with Gasteiger partial charge in [-0.05, 0) is 23.3 Å². The van der Waals surface area contributed by atoms with Crippen LogP contribution in [0.4, 0.5) is 11.4 Å². The molecule has 16 heavy (non-hydrogen) atoms. The molecular weight excluding hydrogens is 200 g/mol. The molecule has 0 unspecified atom stereocenters. The minimum Gasteiger partial charge on any atom is -0.457 e. The maximum absolute atomic E-state index is 5.78. The number of fused-ring (bicyclic) bond motifs is 2. The fourth-order valence-electron chi connectivity index (χ4n) is 1.95. The molecule has 0 amide bonds. The Morgan fingerprint density at radius 1 is 0.812 bits per heavy atom. The van der Waals surface area contributed by atoms with Gasteiger partial charge in [0.25, 0.3) is 0 Å². The number of nitrogens with two attached hydrogens (primary N) is 2. The molecule has 1 aliphatic heterocycles. The van der Waals surface area contributed by atoms with Gasteiger partial charge in [0, 0.05) is 29.9 Å². The average Bonchev–Trinajstić information content (AvgIpc) is 2.26. The average molecular weight is 212 g/mol. The molecule has 0 radical (unpaired) electrons. The van der Waals surface area contributed by atoms with Crippen LogP contribution in [-0.2, 0) is 6.42 Å². The third-order valence-corrected chi connectivity index (χ3v) is 2.78. The molecule has 0 saturated carbocycles. The largest absolute Gasteiger partial charge is 0.457 e. The molecule has 1 heterocycles. The van der Waals surface area contributed by atoms with Crippen LogP contribution in [0.25, 0.3) is 0 Å². The third kappa shape index (κ3) is 1.37. The minimum atomic E-state index is 0.714. The molecule has 0 aliphatic carbocycles. The number of ether oxygens (including phenoxy) is 1. The van der Waals surface area contributed by atoms with Crippen molar-refractivity contribution in [3.05, 3.63) is 47.5 Å². The Bertz CT molecular complexity index is 514. The van der Waals surface area contributed by atoms with E-state index in [0.29, 0.717) is 11.4 Å². The zero-order valence-corrected chi connectivity index (χ0v) is 8.73. The van der Waals surface area contributed by atoms with E-state index in [1.807, 2.05) is 36.4 Å². The van der Waals surface area contributed by atoms with Crippen LogP contribution in [0.15, 0.2) is 36.4 Å². The summed E-state index contributed by atoms with van der Waals surface area (Å²) in [6.45, 7) is 0. The summed E-state index contributed by atoms with van der Waals surface area (Å²) in [6, 6.07) is 11.5. The molecule has 2 aromatic carbocycles. The summed E-state index contributed by atoms with van der Waals surface area (Å²) in [5, 5.41) is 0. The van der Waals surface area contributed by atoms with E-state index < -0.39 is 0 Å². The van der Waals surface area contributed by atoms with Crippen molar-refractivity contribution in [3.63, 3.8) is 0 Å². The van der Waals surface area contributed by atoms with Crippen molar-refractivity contribution in [1.29, 1.82) is 0 Å². The van der Waals surface area contributed by atoms with Crippen molar-refractivity contribution in [2.24, 2.45) is 0 Å². The normalized spacial score (nSPS) is 12.5. The van der Waals surface area contributed by atoms with Crippen LogP contribution in [0.5, 0.6) is 11.5 Å². The fraction of sp³-hybridized carbons (Fsp3) is 0.0769. The molecule has 2 aromatic rings. The first kappa shape index (κ1) is 9.09. The van der Waals surface area contributed by atoms with Crippen LogP contribution >= 0.6 is 0 Å². The van der Waals surface area contributed by atoms with Gasteiger partial charge in [0.2, 0.25) is 0 Å². The van der Waals surface area contributed by atoms with Crippen molar-refractivity contribution < 1.29 is 4.74 Å². The fourth-order valence-corrected chi connectivity index (χ4v) is 1.95. The topological polar surface area (TPSA) is 61.3 Å². The molecule has 0 bridgehead atoms. The Balaban J connectivity index is 2.10. The maximum Gasteiger partial charge on any atom is 0.133 e. The summed E-state index contributed by atoms with van der Waals surface area (Å²) in [5.74, 6) is 1.66. The summed E-state index contributed by atoms with van der Waals surface area (Å²) >= 11 is 0. The van der Waals surface area contributed by atoms with E-state index in [4.69, 9.17) is 16.2 Å². The summed E-state index contributed by atoms with van der Waals surface area (Å²) in [4.78, 5) is 0. The van der Waals surface area contributed by atoms with Gasteiger partial charge in [-0.3, -0.25) is 0 Å². The van der Waals surface area contributed by atoms with Crippen LogP contribution in [-0.4, -0.2) is 0 Å². The lowest BCUT2D eigenvalue weighted by molar-refractivity contribution is 0.460.